The molecule has 1 aromatic heterocycles. The van der Waals surface area contributed by atoms with Crippen LogP contribution in [0.15, 0.2) is 4.34 Å². The molecule has 5 nitrogen and oxygen atoms in total. The first-order valence-electron chi connectivity index (χ1n) is 7.37. The number of thioether (sulfide) groups is 1. The molecule has 0 amide bonds. The largest absolute Gasteiger partial charge is 0.465 e. The van der Waals surface area contributed by atoms with Gasteiger partial charge in [0.1, 0.15) is 11.4 Å². The zero-order valence-corrected chi connectivity index (χ0v) is 14.9. The number of ether oxygens (including phenoxy) is 1. The lowest BCUT2D eigenvalue weighted by Crippen LogP contribution is -2.48. The third-order valence-corrected chi connectivity index (χ3v) is 5.30. The van der Waals surface area contributed by atoms with E-state index >= 15 is 0 Å². The number of nitrogens with zero attached hydrogens (tertiary/aromatic N) is 2. The van der Waals surface area contributed by atoms with Crippen molar-refractivity contribution >= 4 is 29.3 Å². The van der Waals surface area contributed by atoms with Gasteiger partial charge < -0.3 is 10.1 Å². The second kappa shape index (κ2) is 9.38. The summed E-state index contributed by atoms with van der Waals surface area (Å²) < 4.78 is 10.4. The van der Waals surface area contributed by atoms with E-state index in [1.165, 1.54) is 11.5 Å². The van der Waals surface area contributed by atoms with Gasteiger partial charge in [-0.15, -0.1) is 0 Å². The van der Waals surface area contributed by atoms with Crippen LogP contribution in [0.4, 0.5) is 0 Å². The maximum absolute atomic E-state index is 11.9. The molecule has 0 radical (unpaired) electrons. The number of carbonyl (C=O) groups is 1. The second-order valence-electron chi connectivity index (χ2n) is 4.94. The monoisotopic (exact) mass is 331 g/mol. The first-order chi connectivity index (χ1) is 10.1. The molecule has 0 saturated carbocycles. The minimum Gasteiger partial charge on any atom is -0.465 e. The second-order valence-corrected chi connectivity index (χ2v) is 7.03. The van der Waals surface area contributed by atoms with E-state index in [9.17, 15) is 4.79 Å². The zero-order chi connectivity index (χ0) is 15.7. The highest BCUT2D eigenvalue weighted by atomic mass is 32.2. The Labute approximate surface area is 135 Å². The van der Waals surface area contributed by atoms with Gasteiger partial charge in [0, 0.05) is 12.2 Å². The van der Waals surface area contributed by atoms with E-state index in [0.717, 1.165) is 41.6 Å². The Bertz CT molecular complexity index is 440. The Hall–Kier alpha value is -0.660. The van der Waals surface area contributed by atoms with Crippen LogP contribution in [0.2, 0.25) is 0 Å². The van der Waals surface area contributed by atoms with Gasteiger partial charge in [0.15, 0.2) is 4.34 Å². The molecule has 1 atom stereocenters. The van der Waals surface area contributed by atoms with Gasteiger partial charge in [0.05, 0.1) is 6.61 Å². The van der Waals surface area contributed by atoms with Crippen LogP contribution in [0, 0.1) is 0 Å². The third kappa shape index (κ3) is 5.92. The Morgan fingerprint density at radius 3 is 2.76 bits per heavy atom. The number of aryl methyl sites for hydroxylation is 1. The SMILES string of the molecule is CCOC(=O)C(C)(CCCCSc1nc(CC)ns1)NC. The molecule has 0 aliphatic carbocycles. The van der Waals surface area contributed by atoms with Gasteiger partial charge in [0.2, 0.25) is 0 Å². The molecular formula is C14H25N3O2S2. The summed E-state index contributed by atoms with van der Waals surface area (Å²) >= 11 is 3.21. The Morgan fingerprint density at radius 1 is 1.43 bits per heavy atom. The summed E-state index contributed by atoms with van der Waals surface area (Å²) in [5.74, 6) is 1.76. The number of carbonyl (C=O) groups excluding carboxylic acids is 1. The highest BCUT2D eigenvalue weighted by molar-refractivity contribution is 8.00. The maximum Gasteiger partial charge on any atom is 0.326 e. The van der Waals surface area contributed by atoms with Crippen LogP contribution in [0.25, 0.3) is 0 Å². The summed E-state index contributed by atoms with van der Waals surface area (Å²) in [5.41, 5.74) is -0.585. The molecule has 1 N–H and O–H groups in total. The van der Waals surface area contributed by atoms with Crippen LogP contribution < -0.4 is 5.32 Å². The van der Waals surface area contributed by atoms with E-state index < -0.39 is 5.54 Å². The van der Waals surface area contributed by atoms with Crippen molar-refractivity contribution in [3.8, 4) is 0 Å². The fourth-order valence-electron chi connectivity index (χ4n) is 1.80. The van der Waals surface area contributed by atoms with E-state index in [1.807, 2.05) is 13.8 Å². The molecule has 1 heterocycles. The fourth-order valence-corrected chi connectivity index (χ4v) is 3.56. The normalized spacial score (nSPS) is 13.9. The highest BCUT2D eigenvalue weighted by Crippen LogP contribution is 2.23. The lowest BCUT2D eigenvalue weighted by molar-refractivity contribution is -0.150. The van der Waals surface area contributed by atoms with Crippen molar-refractivity contribution in [3.05, 3.63) is 5.82 Å². The maximum atomic E-state index is 11.9. The van der Waals surface area contributed by atoms with Gasteiger partial charge in [0.25, 0.3) is 0 Å². The molecule has 0 fully saturated rings. The van der Waals surface area contributed by atoms with Crippen LogP contribution in [-0.4, -0.2) is 40.3 Å². The van der Waals surface area contributed by atoms with Crippen molar-refractivity contribution in [2.45, 2.75) is 56.3 Å². The number of likely N-dealkylation sites (N-methyl/N-ethyl adjacent to an activating group) is 1. The van der Waals surface area contributed by atoms with Crippen molar-refractivity contribution in [3.63, 3.8) is 0 Å². The number of esters is 1. The average molecular weight is 332 g/mol. The molecule has 21 heavy (non-hydrogen) atoms. The van der Waals surface area contributed by atoms with Crippen molar-refractivity contribution < 1.29 is 9.53 Å². The molecular weight excluding hydrogens is 306 g/mol. The molecule has 1 unspecified atom stereocenters. The van der Waals surface area contributed by atoms with Gasteiger partial charge in [-0.25, -0.2) is 4.98 Å². The molecule has 7 heteroatoms. The Balaban J connectivity index is 2.27. The Kier molecular flexibility index (Phi) is 8.21. The lowest BCUT2D eigenvalue weighted by atomic mass is 9.95. The minimum absolute atomic E-state index is 0.170. The van der Waals surface area contributed by atoms with Crippen LogP contribution >= 0.6 is 23.3 Å². The van der Waals surface area contributed by atoms with Gasteiger partial charge in [-0.2, -0.15) is 4.37 Å². The van der Waals surface area contributed by atoms with E-state index in [2.05, 4.69) is 21.6 Å². The molecule has 120 valence electrons. The molecule has 1 aromatic rings. The van der Waals surface area contributed by atoms with Gasteiger partial charge >= 0.3 is 5.97 Å². The summed E-state index contributed by atoms with van der Waals surface area (Å²) in [6, 6.07) is 0. The third-order valence-electron chi connectivity index (χ3n) is 3.34. The number of unbranched alkanes of at least 4 members (excludes halogenated alkanes) is 1. The summed E-state index contributed by atoms with van der Waals surface area (Å²) in [5, 5.41) is 3.08. The van der Waals surface area contributed by atoms with Crippen LogP contribution in [0.3, 0.4) is 0 Å². The van der Waals surface area contributed by atoms with Crippen LogP contribution in [0.5, 0.6) is 0 Å². The summed E-state index contributed by atoms with van der Waals surface area (Å²) in [4.78, 5) is 16.3. The summed E-state index contributed by atoms with van der Waals surface area (Å²) in [6.45, 7) is 6.21. The molecule has 0 aliphatic rings. The van der Waals surface area contributed by atoms with Gasteiger partial charge in [-0.05, 0) is 45.3 Å². The molecule has 0 saturated heterocycles. The highest BCUT2D eigenvalue weighted by Gasteiger charge is 2.32. The summed E-state index contributed by atoms with van der Waals surface area (Å²) in [7, 11) is 1.80. The molecule has 1 rings (SSSR count). The minimum atomic E-state index is -0.585. The van der Waals surface area contributed by atoms with Crippen molar-refractivity contribution in [2.24, 2.45) is 0 Å². The molecule has 0 aromatic carbocycles. The standard InChI is InChI=1S/C14H25N3O2S2/c1-5-11-16-13(21-17-11)20-10-8-7-9-14(3,15-4)12(18)19-6-2/h15H,5-10H2,1-4H3. The quantitative estimate of drug-likeness (QED) is 0.404. The summed E-state index contributed by atoms with van der Waals surface area (Å²) in [6.07, 6.45) is 3.68. The van der Waals surface area contributed by atoms with Crippen molar-refractivity contribution in [1.82, 2.24) is 14.7 Å². The number of nitrogens with one attached hydrogen (secondary N) is 1. The smallest absolute Gasteiger partial charge is 0.326 e. The molecule has 0 aliphatic heterocycles. The van der Waals surface area contributed by atoms with Crippen LogP contribution in [0.1, 0.15) is 45.9 Å². The predicted octanol–water partition coefficient (Wildman–Crippen LogP) is 2.90. The first-order valence-corrected chi connectivity index (χ1v) is 9.13. The van der Waals surface area contributed by atoms with Gasteiger partial charge in [-0.1, -0.05) is 25.1 Å². The van der Waals surface area contributed by atoms with Crippen molar-refractivity contribution in [1.29, 1.82) is 0 Å². The fraction of sp³-hybridized carbons (Fsp3) is 0.786. The Morgan fingerprint density at radius 2 is 2.19 bits per heavy atom. The van der Waals surface area contributed by atoms with E-state index in [-0.39, 0.29) is 5.97 Å². The van der Waals surface area contributed by atoms with E-state index in [0.29, 0.717) is 6.61 Å². The lowest BCUT2D eigenvalue weighted by Gasteiger charge is -2.26. The van der Waals surface area contributed by atoms with E-state index in [4.69, 9.17) is 4.74 Å². The number of aromatic nitrogens is 2. The van der Waals surface area contributed by atoms with E-state index in [1.54, 1.807) is 18.8 Å². The van der Waals surface area contributed by atoms with Gasteiger partial charge in [-0.3, -0.25) is 4.79 Å². The molecule has 0 bridgehead atoms. The molecule has 0 spiro atoms. The predicted molar refractivity (Wildman–Crippen MR) is 88.0 cm³/mol. The topological polar surface area (TPSA) is 64.1 Å². The zero-order valence-electron chi connectivity index (χ0n) is 13.3. The van der Waals surface area contributed by atoms with Crippen LogP contribution in [-0.2, 0) is 16.0 Å². The first kappa shape index (κ1) is 18.4. The number of hydrogen-bond donors (Lipinski definition) is 1. The van der Waals surface area contributed by atoms with Crippen molar-refractivity contribution in [2.75, 3.05) is 19.4 Å². The number of hydrogen-bond acceptors (Lipinski definition) is 7. The number of rotatable bonds is 10. The average Bonchev–Trinajstić information content (AvgIpc) is 2.94.